The van der Waals surface area contributed by atoms with Crippen LogP contribution in [0.2, 0.25) is 0 Å². The third-order valence-electron chi connectivity index (χ3n) is 3.53. The summed E-state index contributed by atoms with van der Waals surface area (Å²) in [6.07, 6.45) is 0. The van der Waals surface area contributed by atoms with Crippen LogP contribution in [0.15, 0.2) is 24.3 Å². The minimum atomic E-state index is -0.217. The maximum absolute atomic E-state index is 12.2. The van der Waals surface area contributed by atoms with Crippen LogP contribution in [0.4, 0.5) is 0 Å². The molecule has 0 aromatic heterocycles. The van der Waals surface area contributed by atoms with Gasteiger partial charge in [-0.2, -0.15) is 0 Å². The molecule has 0 unspecified atom stereocenters. The van der Waals surface area contributed by atoms with Crippen molar-refractivity contribution in [1.29, 1.82) is 0 Å². The Kier molecular flexibility index (Phi) is 9.34. The molecule has 0 bridgehead atoms. The first-order valence-electron chi connectivity index (χ1n) is 8.50. The van der Waals surface area contributed by atoms with Crippen LogP contribution in [0, 0.1) is 5.92 Å². The average Bonchev–Trinajstić information content (AvgIpc) is 2.57. The van der Waals surface area contributed by atoms with Crippen LogP contribution in [-0.2, 0) is 0 Å². The van der Waals surface area contributed by atoms with E-state index in [0.29, 0.717) is 29.7 Å². The second kappa shape index (κ2) is 11.0. The van der Waals surface area contributed by atoms with Crippen LogP contribution >= 0.6 is 12.2 Å². The van der Waals surface area contributed by atoms with Crippen molar-refractivity contribution in [3.8, 4) is 5.75 Å². The van der Waals surface area contributed by atoms with E-state index in [-0.39, 0.29) is 5.91 Å². The zero-order valence-corrected chi connectivity index (χ0v) is 15.9. The molecule has 6 heteroatoms. The van der Waals surface area contributed by atoms with Crippen LogP contribution in [0.3, 0.4) is 0 Å². The van der Waals surface area contributed by atoms with Crippen molar-refractivity contribution in [2.24, 2.45) is 5.92 Å². The lowest BCUT2D eigenvalue weighted by Gasteiger charge is -2.18. The Bertz CT molecular complexity index is 514. The minimum absolute atomic E-state index is 0.217. The van der Waals surface area contributed by atoms with Crippen LogP contribution in [0.25, 0.3) is 0 Å². The molecule has 24 heavy (non-hydrogen) atoms. The van der Waals surface area contributed by atoms with E-state index < -0.39 is 0 Å². The SMILES string of the molecule is CCN(CC)CCNC(=S)NC(=O)c1ccc(OCC(C)C)cc1. The first kappa shape index (κ1) is 20.4. The van der Waals surface area contributed by atoms with Gasteiger partial charge in [-0.3, -0.25) is 10.1 Å². The maximum Gasteiger partial charge on any atom is 0.257 e. The lowest BCUT2D eigenvalue weighted by atomic mass is 10.2. The predicted octanol–water partition coefficient (Wildman–Crippen LogP) is 2.67. The molecule has 2 N–H and O–H groups in total. The number of benzene rings is 1. The Balaban J connectivity index is 2.39. The summed E-state index contributed by atoms with van der Waals surface area (Å²) in [6.45, 7) is 12.7. The Morgan fingerprint density at radius 2 is 1.83 bits per heavy atom. The summed E-state index contributed by atoms with van der Waals surface area (Å²) in [5.74, 6) is 1.01. The van der Waals surface area contributed by atoms with Gasteiger partial charge in [0.2, 0.25) is 0 Å². The molecular formula is C18H29N3O2S. The number of likely N-dealkylation sites (N-methyl/N-ethyl adjacent to an activating group) is 1. The van der Waals surface area contributed by atoms with Gasteiger partial charge in [0.15, 0.2) is 5.11 Å². The largest absolute Gasteiger partial charge is 0.493 e. The number of nitrogens with one attached hydrogen (secondary N) is 2. The fraction of sp³-hybridized carbons (Fsp3) is 0.556. The molecular weight excluding hydrogens is 322 g/mol. The molecule has 5 nitrogen and oxygen atoms in total. The van der Waals surface area contributed by atoms with Gasteiger partial charge in [-0.1, -0.05) is 27.7 Å². The van der Waals surface area contributed by atoms with Gasteiger partial charge in [-0.15, -0.1) is 0 Å². The van der Waals surface area contributed by atoms with Gasteiger partial charge >= 0.3 is 0 Å². The Morgan fingerprint density at radius 3 is 2.38 bits per heavy atom. The van der Waals surface area contributed by atoms with E-state index in [1.54, 1.807) is 24.3 Å². The van der Waals surface area contributed by atoms with Crippen molar-refractivity contribution in [3.05, 3.63) is 29.8 Å². The molecule has 0 fully saturated rings. The average molecular weight is 352 g/mol. The Labute approximate surface area is 150 Å². The summed E-state index contributed by atoms with van der Waals surface area (Å²) in [5.41, 5.74) is 0.555. The van der Waals surface area contributed by atoms with E-state index >= 15 is 0 Å². The summed E-state index contributed by atoms with van der Waals surface area (Å²) in [6, 6.07) is 7.08. The van der Waals surface area contributed by atoms with Crippen LogP contribution < -0.4 is 15.4 Å². The number of nitrogens with zero attached hydrogens (tertiary/aromatic N) is 1. The minimum Gasteiger partial charge on any atom is -0.493 e. The monoisotopic (exact) mass is 351 g/mol. The van der Waals surface area contributed by atoms with E-state index in [1.807, 2.05) is 0 Å². The number of thiocarbonyl (C=S) groups is 1. The van der Waals surface area contributed by atoms with E-state index in [9.17, 15) is 4.79 Å². The zero-order chi connectivity index (χ0) is 17.9. The van der Waals surface area contributed by atoms with E-state index in [0.717, 1.165) is 25.4 Å². The number of ether oxygens (including phenoxy) is 1. The molecule has 134 valence electrons. The van der Waals surface area contributed by atoms with Crippen molar-refractivity contribution in [2.45, 2.75) is 27.7 Å². The molecule has 1 aromatic rings. The highest BCUT2D eigenvalue weighted by Gasteiger charge is 2.08. The van der Waals surface area contributed by atoms with Crippen LogP contribution in [-0.4, -0.2) is 48.7 Å². The normalized spacial score (nSPS) is 10.8. The van der Waals surface area contributed by atoms with Gasteiger partial charge < -0.3 is 15.0 Å². The van der Waals surface area contributed by atoms with Crippen molar-refractivity contribution >= 4 is 23.2 Å². The van der Waals surface area contributed by atoms with Crippen molar-refractivity contribution in [2.75, 3.05) is 32.8 Å². The molecule has 0 saturated heterocycles. The third kappa shape index (κ3) is 7.75. The highest BCUT2D eigenvalue weighted by atomic mass is 32.1. The Morgan fingerprint density at radius 1 is 1.21 bits per heavy atom. The highest BCUT2D eigenvalue weighted by molar-refractivity contribution is 7.80. The fourth-order valence-electron chi connectivity index (χ4n) is 2.05. The number of carbonyl (C=O) groups is 1. The molecule has 0 atom stereocenters. The van der Waals surface area contributed by atoms with Crippen LogP contribution in [0.5, 0.6) is 5.75 Å². The first-order chi connectivity index (χ1) is 11.5. The topological polar surface area (TPSA) is 53.6 Å². The number of carbonyl (C=O) groups excluding carboxylic acids is 1. The second-order valence-electron chi connectivity index (χ2n) is 5.97. The molecule has 0 heterocycles. The molecule has 1 rings (SSSR count). The highest BCUT2D eigenvalue weighted by Crippen LogP contribution is 2.13. The van der Waals surface area contributed by atoms with Gasteiger partial charge in [-0.25, -0.2) is 0 Å². The van der Waals surface area contributed by atoms with Gasteiger partial charge in [0.25, 0.3) is 5.91 Å². The quantitative estimate of drug-likeness (QED) is 0.670. The van der Waals surface area contributed by atoms with Crippen molar-refractivity contribution in [3.63, 3.8) is 0 Å². The third-order valence-corrected chi connectivity index (χ3v) is 3.78. The molecule has 1 aromatic carbocycles. The second-order valence-corrected chi connectivity index (χ2v) is 6.37. The fourth-order valence-corrected chi connectivity index (χ4v) is 2.25. The maximum atomic E-state index is 12.2. The summed E-state index contributed by atoms with van der Waals surface area (Å²) in [7, 11) is 0. The molecule has 0 aliphatic heterocycles. The standard InChI is InChI=1S/C18H29N3O2S/c1-5-21(6-2)12-11-19-18(24)20-17(22)15-7-9-16(10-8-15)23-13-14(3)4/h7-10,14H,5-6,11-13H2,1-4H3,(H2,19,20,22,24). The molecule has 0 aliphatic carbocycles. The molecule has 0 aliphatic rings. The zero-order valence-electron chi connectivity index (χ0n) is 15.1. The number of hydrogen-bond acceptors (Lipinski definition) is 4. The molecule has 0 saturated carbocycles. The molecule has 1 amide bonds. The predicted molar refractivity (Wildman–Crippen MR) is 103 cm³/mol. The number of rotatable bonds is 9. The smallest absolute Gasteiger partial charge is 0.257 e. The van der Waals surface area contributed by atoms with Crippen molar-refractivity contribution < 1.29 is 9.53 Å². The van der Waals surface area contributed by atoms with E-state index in [1.165, 1.54) is 0 Å². The molecule has 0 radical (unpaired) electrons. The summed E-state index contributed by atoms with van der Waals surface area (Å²) in [4.78, 5) is 14.4. The molecule has 0 spiro atoms. The van der Waals surface area contributed by atoms with Gasteiger partial charge in [0.05, 0.1) is 6.61 Å². The lowest BCUT2D eigenvalue weighted by Crippen LogP contribution is -2.42. The van der Waals surface area contributed by atoms with Gasteiger partial charge in [0.1, 0.15) is 5.75 Å². The lowest BCUT2D eigenvalue weighted by molar-refractivity contribution is 0.0976. The summed E-state index contributed by atoms with van der Waals surface area (Å²) < 4.78 is 5.61. The number of hydrogen-bond donors (Lipinski definition) is 2. The summed E-state index contributed by atoms with van der Waals surface area (Å²) in [5, 5.41) is 6.11. The van der Waals surface area contributed by atoms with Crippen molar-refractivity contribution in [1.82, 2.24) is 15.5 Å². The van der Waals surface area contributed by atoms with Gasteiger partial charge in [0, 0.05) is 18.7 Å². The van der Waals surface area contributed by atoms with Crippen LogP contribution in [0.1, 0.15) is 38.1 Å². The number of amides is 1. The van der Waals surface area contributed by atoms with Gasteiger partial charge in [-0.05, 0) is 55.5 Å². The van der Waals surface area contributed by atoms with E-state index in [4.69, 9.17) is 17.0 Å². The Hall–Kier alpha value is -1.66. The van der Waals surface area contributed by atoms with E-state index in [2.05, 4.69) is 43.2 Å². The first-order valence-corrected chi connectivity index (χ1v) is 8.91. The summed E-state index contributed by atoms with van der Waals surface area (Å²) >= 11 is 5.16.